The van der Waals surface area contributed by atoms with Gasteiger partial charge in [-0.3, -0.25) is 4.90 Å². The van der Waals surface area contributed by atoms with Crippen molar-refractivity contribution in [2.24, 2.45) is 0 Å². The van der Waals surface area contributed by atoms with Gasteiger partial charge < -0.3 is 24.6 Å². The van der Waals surface area contributed by atoms with Crippen LogP contribution in [0.25, 0.3) is 0 Å². The maximum absolute atomic E-state index is 9.10. The standard InChI is InChI=1S/C23H32N2O2.C2H2O4/c1-2-24-12-14-25(15-13-24)16-17-26-18-19-27-23-11-7-6-10-22(23)20-21-8-4-3-5-9-21;3-1(4)2(5)6/h3-11H,2,12-20H2,1H3;(H,3,4)(H,5,6). The molecule has 0 aliphatic carbocycles. The van der Waals surface area contributed by atoms with E-state index in [1.807, 2.05) is 18.2 Å². The molecule has 0 radical (unpaired) electrons. The van der Waals surface area contributed by atoms with Crippen molar-refractivity contribution >= 4 is 11.9 Å². The molecule has 33 heavy (non-hydrogen) atoms. The molecule has 2 aromatic rings. The van der Waals surface area contributed by atoms with Crippen LogP contribution in [0.3, 0.4) is 0 Å². The maximum atomic E-state index is 9.10. The highest BCUT2D eigenvalue weighted by Gasteiger charge is 2.14. The summed E-state index contributed by atoms with van der Waals surface area (Å²) < 4.78 is 11.8. The molecule has 0 atom stereocenters. The molecule has 0 unspecified atom stereocenters. The van der Waals surface area contributed by atoms with Crippen molar-refractivity contribution in [3.63, 3.8) is 0 Å². The Morgan fingerprint density at radius 3 is 2.06 bits per heavy atom. The lowest BCUT2D eigenvalue weighted by Gasteiger charge is -2.33. The summed E-state index contributed by atoms with van der Waals surface area (Å²) in [5.74, 6) is -2.69. The van der Waals surface area contributed by atoms with Gasteiger partial charge in [0.2, 0.25) is 0 Å². The number of hydrogen-bond acceptors (Lipinski definition) is 6. The van der Waals surface area contributed by atoms with E-state index in [1.165, 1.54) is 24.2 Å². The molecule has 1 fully saturated rings. The second kappa shape index (κ2) is 15.0. The summed E-state index contributed by atoms with van der Waals surface area (Å²) in [6.45, 7) is 11.1. The molecule has 1 heterocycles. The number of likely N-dealkylation sites (N-methyl/N-ethyl adjacent to an activating group) is 1. The number of piperazine rings is 1. The lowest BCUT2D eigenvalue weighted by Crippen LogP contribution is -2.47. The van der Waals surface area contributed by atoms with Crippen LogP contribution < -0.4 is 4.74 Å². The third-order valence-corrected chi connectivity index (χ3v) is 5.34. The minimum atomic E-state index is -1.82. The second-order valence-corrected chi connectivity index (χ2v) is 7.62. The fourth-order valence-electron chi connectivity index (χ4n) is 3.44. The highest BCUT2D eigenvalue weighted by Crippen LogP contribution is 2.21. The molecule has 0 bridgehead atoms. The fourth-order valence-corrected chi connectivity index (χ4v) is 3.44. The number of carboxylic acids is 2. The lowest BCUT2D eigenvalue weighted by atomic mass is 10.0. The summed E-state index contributed by atoms with van der Waals surface area (Å²) in [6.07, 6.45) is 0.890. The minimum absolute atomic E-state index is 0.593. The first-order valence-electron chi connectivity index (χ1n) is 11.2. The quantitative estimate of drug-likeness (QED) is 0.414. The molecule has 2 aromatic carbocycles. The number of para-hydroxylation sites is 1. The molecule has 3 rings (SSSR count). The molecular formula is C25H34N2O6. The van der Waals surface area contributed by atoms with Crippen LogP contribution in [-0.2, 0) is 20.7 Å². The Balaban J connectivity index is 0.000000569. The van der Waals surface area contributed by atoms with Gasteiger partial charge in [-0.05, 0) is 23.7 Å². The first-order valence-corrected chi connectivity index (χ1v) is 11.2. The predicted molar refractivity (Wildman–Crippen MR) is 126 cm³/mol. The number of ether oxygens (including phenoxy) is 2. The van der Waals surface area contributed by atoms with E-state index in [9.17, 15) is 0 Å². The van der Waals surface area contributed by atoms with Gasteiger partial charge in [0.15, 0.2) is 0 Å². The average molecular weight is 459 g/mol. The Hall–Kier alpha value is -2.94. The van der Waals surface area contributed by atoms with E-state index in [4.69, 9.17) is 29.3 Å². The van der Waals surface area contributed by atoms with Crippen molar-refractivity contribution in [1.82, 2.24) is 9.80 Å². The largest absolute Gasteiger partial charge is 0.491 e. The molecule has 0 saturated carbocycles. The molecule has 0 amide bonds. The number of aliphatic carboxylic acids is 2. The van der Waals surface area contributed by atoms with Crippen LogP contribution in [0.1, 0.15) is 18.1 Å². The first-order chi connectivity index (χ1) is 16.0. The van der Waals surface area contributed by atoms with Crippen LogP contribution in [-0.4, -0.2) is 91.0 Å². The van der Waals surface area contributed by atoms with E-state index in [0.29, 0.717) is 13.2 Å². The number of carboxylic acid groups (broad SMARTS) is 2. The van der Waals surface area contributed by atoms with Gasteiger partial charge in [0.1, 0.15) is 12.4 Å². The number of carbonyl (C=O) groups is 2. The molecule has 0 aromatic heterocycles. The van der Waals surface area contributed by atoms with E-state index < -0.39 is 11.9 Å². The fraction of sp³-hybridized carbons (Fsp3) is 0.440. The summed E-state index contributed by atoms with van der Waals surface area (Å²) in [4.78, 5) is 23.2. The highest BCUT2D eigenvalue weighted by atomic mass is 16.5. The molecule has 1 aliphatic heterocycles. The van der Waals surface area contributed by atoms with Gasteiger partial charge in [0.05, 0.1) is 13.2 Å². The zero-order chi connectivity index (χ0) is 23.9. The van der Waals surface area contributed by atoms with Gasteiger partial charge in [-0.15, -0.1) is 0 Å². The number of rotatable bonds is 10. The summed E-state index contributed by atoms with van der Waals surface area (Å²) in [5, 5.41) is 14.8. The molecule has 0 spiro atoms. The zero-order valence-electron chi connectivity index (χ0n) is 19.2. The van der Waals surface area contributed by atoms with Crippen LogP contribution in [0.2, 0.25) is 0 Å². The van der Waals surface area contributed by atoms with Gasteiger partial charge in [0.25, 0.3) is 0 Å². The first kappa shape index (κ1) is 26.3. The van der Waals surface area contributed by atoms with E-state index >= 15 is 0 Å². The van der Waals surface area contributed by atoms with Crippen molar-refractivity contribution in [2.75, 3.05) is 59.1 Å². The molecule has 1 saturated heterocycles. The monoisotopic (exact) mass is 458 g/mol. The van der Waals surface area contributed by atoms with E-state index in [1.54, 1.807) is 0 Å². The number of nitrogens with zero attached hydrogens (tertiary/aromatic N) is 2. The van der Waals surface area contributed by atoms with E-state index in [-0.39, 0.29) is 0 Å². The van der Waals surface area contributed by atoms with Gasteiger partial charge in [0, 0.05) is 39.1 Å². The molecule has 1 aliphatic rings. The van der Waals surface area contributed by atoms with Crippen LogP contribution >= 0.6 is 0 Å². The van der Waals surface area contributed by atoms with Crippen LogP contribution in [0, 0.1) is 0 Å². The van der Waals surface area contributed by atoms with Crippen molar-refractivity contribution in [2.45, 2.75) is 13.3 Å². The topological polar surface area (TPSA) is 99.5 Å². The second-order valence-electron chi connectivity index (χ2n) is 7.62. The van der Waals surface area contributed by atoms with Crippen molar-refractivity contribution in [1.29, 1.82) is 0 Å². The van der Waals surface area contributed by atoms with Crippen molar-refractivity contribution < 1.29 is 29.3 Å². The van der Waals surface area contributed by atoms with Crippen LogP contribution in [0.4, 0.5) is 0 Å². The van der Waals surface area contributed by atoms with Gasteiger partial charge in [-0.1, -0.05) is 55.5 Å². The van der Waals surface area contributed by atoms with E-state index in [2.05, 4.69) is 53.1 Å². The summed E-state index contributed by atoms with van der Waals surface area (Å²) in [5.41, 5.74) is 2.52. The Morgan fingerprint density at radius 1 is 0.818 bits per heavy atom. The Bertz CT molecular complexity index is 826. The third-order valence-electron chi connectivity index (χ3n) is 5.34. The normalized spacial score (nSPS) is 14.2. The predicted octanol–water partition coefficient (Wildman–Crippen LogP) is 2.47. The van der Waals surface area contributed by atoms with E-state index in [0.717, 1.165) is 45.0 Å². The van der Waals surface area contributed by atoms with Crippen molar-refractivity contribution in [3.8, 4) is 5.75 Å². The summed E-state index contributed by atoms with van der Waals surface area (Å²) in [7, 11) is 0. The molecular weight excluding hydrogens is 424 g/mol. The lowest BCUT2D eigenvalue weighted by molar-refractivity contribution is -0.159. The average Bonchev–Trinajstić information content (AvgIpc) is 2.83. The maximum Gasteiger partial charge on any atom is 0.414 e. The van der Waals surface area contributed by atoms with Crippen molar-refractivity contribution in [3.05, 3.63) is 65.7 Å². The summed E-state index contributed by atoms with van der Waals surface area (Å²) in [6, 6.07) is 18.8. The van der Waals surface area contributed by atoms with Crippen LogP contribution in [0.5, 0.6) is 5.75 Å². The minimum Gasteiger partial charge on any atom is -0.491 e. The van der Waals surface area contributed by atoms with Gasteiger partial charge in [-0.2, -0.15) is 0 Å². The number of hydrogen-bond donors (Lipinski definition) is 2. The Morgan fingerprint density at radius 2 is 1.42 bits per heavy atom. The third kappa shape index (κ3) is 10.5. The molecule has 8 heteroatoms. The molecule has 8 nitrogen and oxygen atoms in total. The SMILES string of the molecule is CCN1CCN(CCOCCOc2ccccc2Cc2ccccc2)CC1.O=C(O)C(=O)O. The Kier molecular flexibility index (Phi) is 12.0. The summed E-state index contributed by atoms with van der Waals surface area (Å²) >= 11 is 0. The molecule has 180 valence electrons. The zero-order valence-corrected chi connectivity index (χ0v) is 19.2. The Labute approximate surface area is 195 Å². The van der Waals surface area contributed by atoms with Crippen LogP contribution in [0.15, 0.2) is 54.6 Å². The van der Waals surface area contributed by atoms with Gasteiger partial charge >= 0.3 is 11.9 Å². The smallest absolute Gasteiger partial charge is 0.414 e. The molecule has 2 N–H and O–H groups in total. The highest BCUT2D eigenvalue weighted by molar-refractivity contribution is 6.27. The van der Waals surface area contributed by atoms with Gasteiger partial charge in [-0.25, -0.2) is 9.59 Å². The number of benzene rings is 2.